The second-order valence-electron chi connectivity index (χ2n) is 19.2. The lowest BCUT2D eigenvalue weighted by Gasteiger charge is -2.23. The van der Waals surface area contributed by atoms with E-state index in [1.165, 1.54) is 14.2 Å². The zero-order chi connectivity index (χ0) is 82.5. The van der Waals surface area contributed by atoms with Gasteiger partial charge in [-0.2, -0.15) is 99.3 Å². The van der Waals surface area contributed by atoms with Crippen LogP contribution in [0.1, 0.15) is 33.6 Å². The van der Waals surface area contributed by atoms with E-state index in [2.05, 4.69) is 87.0 Å². The van der Waals surface area contributed by atoms with Crippen LogP contribution in [0.2, 0.25) is 0 Å². The van der Waals surface area contributed by atoms with E-state index in [1.54, 1.807) is 6.07 Å². The molecule has 7 aliphatic rings. The Hall–Kier alpha value is -6.11. The standard InChI is InChI=1S/C8H14O7S.2C7H12O7S.C6H4F6O6S.C6H6F2O6S.C6H7NO6S.C6H10O7S/c1-6(2)12-3-4-13-8(9)7-5-14-16(10,11)15-7;1-11-3-2-4-12-7(8)6-5-13-15(9,10)14-6;1-2-11-3-4-12-7(8)6-5-13-15(9,10)14-6;7-5(8,9)4(6(10,11)12)17-3(13)2-1-16-19(14,15)18-2;7-5(8)1-2-12-6(9)4-3-13-15(10,11)14-4;7-2-1-3-11-6(8)5-4-12-14(9,10)13-5;1-10-2-3-11-6(7)5-4-12-14(8,9)13-5/h6-7H,3-5H2,1-2H3;2*6H,2-5H2,1H3;2,4H,1H2;1,4H,2-3H2;5H,1,3-4H2;5H,2-4H2,1H3. The highest BCUT2D eigenvalue weighted by Crippen LogP contribution is 2.36. The molecule has 0 saturated carbocycles. The average Bonchev–Trinajstić information content (AvgIpc) is 1.17. The van der Waals surface area contributed by atoms with Crippen molar-refractivity contribution in [3.8, 4) is 6.07 Å². The van der Waals surface area contributed by atoms with E-state index in [0.29, 0.717) is 25.7 Å². The fourth-order valence-electron chi connectivity index (χ4n) is 5.98. The summed E-state index contributed by atoms with van der Waals surface area (Å²) in [5, 5.41) is 8.13. The number of ether oxygens (including phenoxy) is 11. The Bertz CT molecular complexity index is 3740. The highest BCUT2D eigenvalue weighted by molar-refractivity contribution is 7.83. The second-order valence-corrected chi connectivity index (χ2v) is 27.9. The van der Waals surface area contributed by atoms with Gasteiger partial charge in [0.25, 0.3) is 12.2 Å². The van der Waals surface area contributed by atoms with Crippen LogP contribution in [0.5, 0.6) is 0 Å². The van der Waals surface area contributed by atoms with Crippen LogP contribution in [0, 0.1) is 11.3 Å². The SMILES string of the molecule is CC(C)OCCOC(=O)C1COS(=O)(=O)O1.CCOCCOC(=O)C1COS(=O)(=O)O1.COCCCOC(=O)C1COS(=O)(=O)O1.COCCOC(=O)C1COS(=O)(=O)O1.N#CCCOC(=O)C1COS(=O)(=O)O1.O=C(OC(C(F)(F)F)C(F)(F)F)C1COS(=O)(=O)O1.O=C(OCC=C(F)F)C1COS(=O)(=O)O1. The van der Waals surface area contributed by atoms with Crippen LogP contribution in [0.4, 0.5) is 35.1 Å². The summed E-state index contributed by atoms with van der Waals surface area (Å²) in [6, 6.07) is 1.76. The molecule has 0 spiro atoms. The summed E-state index contributed by atoms with van der Waals surface area (Å²) in [7, 11) is -25.8. The molecule has 0 aromatic rings. The summed E-state index contributed by atoms with van der Waals surface area (Å²) in [4.78, 5) is 77.5. The van der Waals surface area contributed by atoms with Crippen LogP contribution in [-0.4, -0.2) is 301 Å². The lowest BCUT2D eigenvalue weighted by Crippen LogP contribution is -2.47. The lowest BCUT2D eigenvalue weighted by molar-refractivity contribution is -0.314. The first kappa shape index (κ1) is 99.9. The minimum absolute atomic E-state index is 0.0464. The topological polar surface area (TPSA) is 613 Å². The quantitative estimate of drug-likeness (QED) is 0.0336. The Morgan fingerprint density at radius 3 is 0.954 bits per heavy atom. The number of carbonyl (C=O) groups excluding carboxylic acids is 7. The van der Waals surface area contributed by atoms with Crippen LogP contribution in [0.15, 0.2) is 12.2 Å². The first-order valence-electron chi connectivity index (χ1n) is 28.8. The molecule has 0 aromatic heterocycles. The van der Waals surface area contributed by atoms with Gasteiger partial charge in [-0.05, 0) is 20.8 Å². The van der Waals surface area contributed by atoms with E-state index in [-0.39, 0.29) is 98.4 Å². The van der Waals surface area contributed by atoms with Crippen LogP contribution >= 0.6 is 0 Å². The van der Waals surface area contributed by atoms with Crippen molar-refractivity contribution in [2.45, 2.75) is 101 Å². The fraction of sp³-hybridized carbons (Fsp3) is 0.783. The predicted octanol–water partition coefficient (Wildman–Crippen LogP) is -3.34. The maximum atomic E-state index is 12.0. The van der Waals surface area contributed by atoms with E-state index < -0.39 is 202 Å². The van der Waals surface area contributed by atoms with Crippen molar-refractivity contribution in [3.05, 3.63) is 12.2 Å². The second kappa shape index (κ2) is 47.3. The van der Waals surface area contributed by atoms with Crippen molar-refractivity contribution < 1.29 is 238 Å². The Kier molecular flexibility index (Phi) is 43.8. The number of hydrogen-bond donors (Lipinski definition) is 0. The molecule has 0 N–H and O–H groups in total. The molecule has 7 unspecified atom stereocenters. The van der Waals surface area contributed by atoms with Gasteiger partial charge in [-0.3, -0.25) is 0 Å². The molecule has 62 heteroatoms. The number of alkyl halides is 6. The molecule has 108 heavy (non-hydrogen) atoms. The van der Waals surface area contributed by atoms with Crippen molar-refractivity contribution in [1.29, 1.82) is 5.26 Å². The van der Waals surface area contributed by atoms with Crippen molar-refractivity contribution in [2.75, 3.05) is 133 Å². The number of esters is 7. The number of nitrogens with zero attached hydrogens (tertiary/aromatic N) is 1. The molecular formula is C46H65F8NO46S7. The van der Waals surface area contributed by atoms with Gasteiger partial charge in [0.15, 0.2) is 0 Å². The molecule has 7 saturated heterocycles. The Labute approximate surface area is 607 Å². The Morgan fingerprint density at radius 1 is 0.417 bits per heavy atom. The summed E-state index contributed by atoms with van der Waals surface area (Å²) in [5.41, 5.74) is 0. The smallest absolute Gasteiger partial charge is 0.434 e. The maximum absolute atomic E-state index is 12.0. The van der Waals surface area contributed by atoms with E-state index in [9.17, 15) is 128 Å². The molecule has 0 bridgehead atoms. The summed E-state index contributed by atoms with van der Waals surface area (Å²) in [6.45, 7) is 3.54. The van der Waals surface area contributed by atoms with Gasteiger partial charge in [-0.1, -0.05) is 0 Å². The van der Waals surface area contributed by atoms with E-state index in [0.717, 1.165) is 0 Å². The summed E-state index contributed by atoms with van der Waals surface area (Å²) < 4.78 is 352. The molecule has 7 heterocycles. The Morgan fingerprint density at radius 2 is 0.694 bits per heavy atom. The summed E-state index contributed by atoms with van der Waals surface area (Å²) >= 11 is 0. The van der Waals surface area contributed by atoms with Crippen LogP contribution in [0.25, 0.3) is 0 Å². The minimum atomic E-state index is -5.90. The Balaban J connectivity index is 0.000000631. The third-order valence-electron chi connectivity index (χ3n) is 10.5. The van der Waals surface area contributed by atoms with Crippen molar-refractivity contribution >= 4 is 115 Å². The van der Waals surface area contributed by atoms with Gasteiger partial charge in [0.2, 0.25) is 42.7 Å². The van der Waals surface area contributed by atoms with Gasteiger partial charge in [-0.15, -0.1) is 0 Å². The van der Waals surface area contributed by atoms with Gasteiger partial charge in [0, 0.05) is 39.9 Å². The fourth-order valence-corrected chi connectivity index (χ4v) is 11.3. The summed E-state index contributed by atoms with van der Waals surface area (Å²) in [5.74, 6) is -7.13. The number of hydrogen-bond acceptors (Lipinski definition) is 47. The minimum Gasteiger partial charge on any atom is -0.464 e. The first-order chi connectivity index (χ1) is 49.8. The summed E-state index contributed by atoms with van der Waals surface area (Å²) in [6.07, 6.45) is -26.8. The number of rotatable bonds is 27. The third-order valence-corrected chi connectivity index (χ3v) is 16.7. The molecule has 7 rings (SSSR count). The highest BCUT2D eigenvalue weighted by atomic mass is 32.3. The normalized spacial score (nSPS) is 23.9. The predicted molar refractivity (Wildman–Crippen MR) is 312 cm³/mol. The van der Waals surface area contributed by atoms with E-state index in [1.807, 2.05) is 20.8 Å². The van der Waals surface area contributed by atoms with Gasteiger partial charge in [0.05, 0.1) is 45.0 Å². The van der Waals surface area contributed by atoms with Crippen molar-refractivity contribution in [1.82, 2.24) is 0 Å². The van der Waals surface area contributed by atoms with Gasteiger partial charge in [0.1, 0.15) is 79.3 Å². The maximum Gasteiger partial charge on any atom is 0.434 e. The molecule has 0 amide bonds. The van der Waals surface area contributed by atoms with E-state index in [4.69, 9.17) is 28.9 Å². The van der Waals surface area contributed by atoms with Gasteiger partial charge >= 0.3 is 127 Å². The van der Waals surface area contributed by atoms with Crippen LogP contribution in [0.3, 0.4) is 0 Å². The largest absolute Gasteiger partial charge is 0.464 e. The number of halogens is 8. The van der Waals surface area contributed by atoms with Crippen LogP contribution in [-0.2, 0) is 217 Å². The van der Waals surface area contributed by atoms with Crippen molar-refractivity contribution in [2.24, 2.45) is 0 Å². The molecule has 7 fully saturated rings. The van der Waals surface area contributed by atoms with Gasteiger partial charge in [-0.25, -0.2) is 92.1 Å². The molecule has 47 nitrogen and oxygen atoms in total. The molecule has 628 valence electrons. The molecule has 7 aliphatic heterocycles. The first-order valence-corrected chi connectivity index (χ1v) is 38.1. The third kappa shape index (κ3) is 43.5. The number of carbonyl (C=O) groups is 7. The average molecular weight is 1740 g/mol. The van der Waals surface area contributed by atoms with Crippen LogP contribution < -0.4 is 0 Å². The molecule has 0 aromatic carbocycles. The van der Waals surface area contributed by atoms with E-state index >= 15 is 0 Å². The lowest BCUT2D eigenvalue weighted by atomic mass is 10.3. The van der Waals surface area contributed by atoms with Gasteiger partial charge < -0.3 is 52.1 Å². The molecule has 0 aliphatic carbocycles. The molecule has 7 atom stereocenters. The monoisotopic (exact) mass is 1740 g/mol. The number of methoxy groups -OCH3 is 2. The zero-order valence-electron chi connectivity index (χ0n) is 55.5. The van der Waals surface area contributed by atoms with Crippen molar-refractivity contribution in [3.63, 3.8) is 0 Å². The molecular weight excluding hydrogens is 1680 g/mol. The molecule has 0 radical (unpaired) electrons. The highest BCUT2D eigenvalue weighted by Gasteiger charge is 2.61. The number of nitriles is 1. The zero-order valence-corrected chi connectivity index (χ0v) is 61.2.